The number of imidazole rings is 1. The predicted molar refractivity (Wildman–Crippen MR) is 97.7 cm³/mol. The third-order valence-corrected chi connectivity index (χ3v) is 5.42. The Labute approximate surface area is 193 Å². The maximum Gasteiger partial charge on any atom is 1.00 e. The van der Waals surface area contributed by atoms with Crippen LogP contribution in [0.3, 0.4) is 0 Å². The fourth-order valence-corrected chi connectivity index (χ4v) is 3.74. The van der Waals surface area contributed by atoms with Gasteiger partial charge in [0.25, 0.3) is 13.4 Å². The summed E-state index contributed by atoms with van der Waals surface area (Å²) in [6.07, 6.45) is -1.50. The molecule has 4 N–H and O–H groups in total. The van der Waals surface area contributed by atoms with E-state index in [1.807, 2.05) is 6.92 Å². The van der Waals surface area contributed by atoms with Crippen LogP contribution in [0.4, 0.5) is 5.95 Å². The molecule has 30 heavy (non-hydrogen) atoms. The standard InChI is InChI=1S/C15H24N5O8P.Na/c1-3-4-5-26-29(23,24)27-6-8-10(21)11(25-2)14(28-8)20-7-17-9-12(20)18-15(16)19-13(9)22;/h7-8,10-11,14,21H,3-6H2,1-2H3,(H,23,24)(H3,16,18,19,22);/q;+1/p-1/t8-,10-,11-,14-;/m1./s1. The Hall–Kier alpha value is -0.860. The molecular weight excluding hydrogens is 432 g/mol. The summed E-state index contributed by atoms with van der Waals surface area (Å²) < 4.78 is 33.8. The van der Waals surface area contributed by atoms with E-state index in [9.17, 15) is 19.4 Å². The van der Waals surface area contributed by atoms with Crippen molar-refractivity contribution in [3.05, 3.63) is 16.7 Å². The number of H-pyrrole nitrogens is 1. The zero-order valence-corrected chi connectivity index (χ0v) is 19.8. The van der Waals surface area contributed by atoms with Crippen molar-refractivity contribution in [2.45, 2.75) is 44.3 Å². The summed E-state index contributed by atoms with van der Waals surface area (Å²) >= 11 is 0. The van der Waals surface area contributed by atoms with Crippen molar-refractivity contribution in [2.75, 3.05) is 26.1 Å². The number of aliphatic hydroxyl groups excluding tert-OH is 1. The van der Waals surface area contributed by atoms with Gasteiger partial charge in [0.2, 0.25) is 5.95 Å². The summed E-state index contributed by atoms with van der Waals surface area (Å²) in [6.45, 7) is 1.42. The minimum atomic E-state index is -4.54. The molecule has 1 aliphatic rings. The van der Waals surface area contributed by atoms with Crippen LogP contribution in [0, 0.1) is 0 Å². The van der Waals surface area contributed by atoms with Gasteiger partial charge < -0.3 is 34.3 Å². The third kappa shape index (κ3) is 5.49. The number of nitrogens with zero attached hydrogens (tertiary/aromatic N) is 3. The summed E-state index contributed by atoms with van der Waals surface area (Å²) in [5.74, 6) is -0.117. The van der Waals surface area contributed by atoms with Gasteiger partial charge in [-0.25, -0.2) is 4.98 Å². The van der Waals surface area contributed by atoms with E-state index in [1.54, 1.807) is 0 Å². The zero-order chi connectivity index (χ0) is 21.2. The Balaban J connectivity index is 0.00000320. The monoisotopic (exact) mass is 455 g/mol. The van der Waals surface area contributed by atoms with Crippen LogP contribution in [0.1, 0.15) is 26.0 Å². The molecule has 3 rings (SSSR count). The van der Waals surface area contributed by atoms with Crippen LogP contribution in [-0.4, -0.2) is 63.3 Å². The number of unbranched alkanes of at least 4 members (excludes halogenated alkanes) is 1. The van der Waals surface area contributed by atoms with Gasteiger partial charge in [-0.3, -0.25) is 18.9 Å². The molecule has 5 atom stereocenters. The Bertz CT molecular complexity index is 955. The first-order valence-electron chi connectivity index (χ1n) is 8.96. The quantitative estimate of drug-likeness (QED) is 0.192. The fourth-order valence-electron chi connectivity index (χ4n) is 2.99. The molecule has 2 aromatic rings. The van der Waals surface area contributed by atoms with Crippen molar-refractivity contribution >= 4 is 24.9 Å². The Kier molecular flexibility index (Phi) is 9.01. The number of hydrogen-bond donors (Lipinski definition) is 3. The topological polar surface area (TPSA) is 187 Å². The van der Waals surface area contributed by atoms with Gasteiger partial charge in [-0.2, -0.15) is 4.98 Å². The predicted octanol–water partition coefficient (Wildman–Crippen LogP) is -3.72. The number of aromatic amines is 1. The van der Waals surface area contributed by atoms with Crippen LogP contribution >= 0.6 is 7.82 Å². The molecule has 1 fully saturated rings. The van der Waals surface area contributed by atoms with Gasteiger partial charge in [-0.1, -0.05) is 13.3 Å². The van der Waals surface area contributed by atoms with Crippen molar-refractivity contribution in [3.8, 4) is 0 Å². The van der Waals surface area contributed by atoms with E-state index < -0.39 is 44.5 Å². The number of nitrogen functional groups attached to an aromatic ring is 1. The van der Waals surface area contributed by atoms with Crippen LogP contribution in [0.15, 0.2) is 11.1 Å². The number of phosphoric ester groups is 1. The average molecular weight is 455 g/mol. The molecule has 0 spiro atoms. The second-order valence-corrected chi connectivity index (χ2v) is 7.87. The van der Waals surface area contributed by atoms with E-state index in [-0.39, 0.29) is 53.3 Å². The number of phosphoric acid groups is 1. The third-order valence-electron chi connectivity index (χ3n) is 4.45. The van der Waals surface area contributed by atoms with Crippen LogP contribution in [-0.2, 0) is 23.1 Å². The number of hydrogen-bond acceptors (Lipinski definition) is 11. The molecule has 0 saturated carbocycles. The van der Waals surface area contributed by atoms with Gasteiger partial charge in [0, 0.05) is 7.11 Å². The molecule has 1 saturated heterocycles. The Morgan fingerprint density at radius 3 is 2.87 bits per heavy atom. The van der Waals surface area contributed by atoms with Gasteiger partial charge in [0.1, 0.15) is 18.3 Å². The molecule has 1 aliphatic heterocycles. The van der Waals surface area contributed by atoms with Gasteiger partial charge in [-0.05, 0) is 6.42 Å². The fraction of sp³-hybridized carbons (Fsp3) is 0.667. The van der Waals surface area contributed by atoms with Crippen molar-refractivity contribution < 1.29 is 62.6 Å². The number of aromatic nitrogens is 4. The molecule has 0 aliphatic carbocycles. The summed E-state index contributed by atoms with van der Waals surface area (Å²) in [5.41, 5.74) is 5.21. The molecular formula is C15H23N5NaO8P. The molecule has 15 heteroatoms. The molecule has 162 valence electrons. The van der Waals surface area contributed by atoms with E-state index >= 15 is 0 Å². The molecule has 0 bridgehead atoms. The summed E-state index contributed by atoms with van der Waals surface area (Å²) in [4.78, 5) is 34.1. The van der Waals surface area contributed by atoms with Crippen molar-refractivity contribution in [2.24, 2.45) is 0 Å². The van der Waals surface area contributed by atoms with E-state index in [2.05, 4.69) is 15.0 Å². The van der Waals surface area contributed by atoms with Gasteiger partial charge >= 0.3 is 29.6 Å². The van der Waals surface area contributed by atoms with Crippen molar-refractivity contribution in [1.82, 2.24) is 19.5 Å². The second kappa shape index (κ2) is 10.6. The van der Waals surface area contributed by atoms with Crippen LogP contribution < -0.4 is 45.7 Å². The Morgan fingerprint density at radius 2 is 2.20 bits per heavy atom. The zero-order valence-electron chi connectivity index (χ0n) is 16.9. The van der Waals surface area contributed by atoms with Gasteiger partial charge in [0.05, 0.1) is 19.5 Å². The van der Waals surface area contributed by atoms with Crippen LogP contribution in [0.25, 0.3) is 11.2 Å². The number of fused-ring (bicyclic) bond motifs is 1. The number of methoxy groups -OCH3 is 1. The number of nitrogens with two attached hydrogens (primary N) is 1. The number of aliphatic hydroxyl groups is 1. The maximum atomic E-state index is 12.0. The molecule has 0 radical (unpaired) electrons. The maximum absolute atomic E-state index is 12.0. The van der Waals surface area contributed by atoms with E-state index in [4.69, 9.17) is 24.3 Å². The molecule has 3 heterocycles. The average Bonchev–Trinajstić information content (AvgIpc) is 3.21. The van der Waals surface area contributed by atoms with Crippen LogP contribution in [0.2, 0.25) is 0 Å². The number of rotatable bonds is 9. The minimum absolute atomic E-state index is 0. The number of anilines is 1. The molecule has 13 nitrogen and oxygen atoms in total. The first kappa shape index (κ1) is 25.4. The summed E-state index contributed by atoms with van der Waals surface area (Å²) in [5, 5.41) is 10.5. The summed E-state index contributed by atoms with van der Waals surface area (Å²) in [7, 11) is -3.18. The normalized spacial score (nSPS) is 25.9. The van der Waals surface area contributed by atoms with Crippen LogP contribution in [0.5, 0.6) is 0 Å². The first-order chi connectivity index (χ1) is 13.8. The first-order valence-corrected chi connectivity index (χ1v) is 10.4. The Morgan fingerprint density at radius 1 is 1.47 bits per heavy atom. The van der Waals surface area contributed by atoms with E-state index in [1.165, 1.54) is 18.0 Å². The SMILES string of the molecule is CCCCOP(=O)([O-])OC[C@H]1O[C@@H](n2cnc3c(=O)[nH]c(N)nc32)[C@H](OC)[C@@H]1O.[Na+]. The van der Waals surface area contributed by atoms with Crippen molar-refractivity contribution in [3.63, 3.8) is 0 Å². The van der Waals surface area contributed by atoms with Gasteiger partial charge in [0.15, 0.2) is 17.4 Å². The molecule has 0 aromatic carbocycles. The summed E-state index contributed by atoms with van der Waals surface area (Å²) in [6, 6.07) is 0. The van der Waals surface area contributed by atoms with E-state index in [0.29, 0.717) is 6.42 Å². The number of ether oxygens (including phenoxy) is 2. The molecule has 0 amide bonds. The second-order valence-electron chi connectivity index (χ2n) is 6.46. The van der Waals surface area contributed by atoms with E-state index in [0.717, 1.165) is 6.42 Å². The smallest absolute Gasteiger partial charge is 0.756 e. The molecule has 2 aromatic heterocycles. The van der Waals surface area contributed by atoms with Crippen molar-refractivity contribution in [1.29, 1.82) is 0 Å². The minimum Gasteiger partial charge on any atom is -0.756 e. The number of nitrogens with one attached hydrogen (secondary N) is 1. The van der Waals surface area contributed by atoms with Gasteiger partial charge in [-0.15, -0.1) is 0 Å². The molecule has 1 unspecified atom stereocenters. The largest absolute Gasteiger partial charge is 1.00 e.